The van der Waals surface area contributed by atoms with Crippen molar-refractivity contribution in [2.75, 3.05) is 6.61 Å². The molecule has 0 fully saturated rings. The summed E-state index contributed by atoms with van der Waals surface area (Å²) in [7, 11) is 0. The van der Waals surface area contributed by atoms with E-state index in [9.17, 15) is 15.0 Å². The van der Waals surface area contributed by atoms with Crippen LogP contribution in [0.25, 0.3) is 0 Å². The minimum Gasteiger partial charge on any atom is -0.459 e. The Morgan fingerprint density at radius 3 is 2.33 bits per heavy atom. The molecule has 5 nitrogen and oxygen atoms in total. The summed E-state index contributed by atoms with van der Waals surface area (Å²) in [5.41, 5.74) is -0.569. The van der Waals surface area contributed by atoms with E-state index in [-0.39, 0.29) is 0 Å². The van der Waals surface area contributed by atoms with E-state index in [1.54, 1.807) is 40.7 Å². The first kappa shape index (κ1) is 23.3. The maximum absolute atomic E-state index is 12.2. The SMILES string of the molecule is CC(C)(C)OC(=O)C(C)(C)[C@H](O)/C=C/C[C@@H](O)CCOCc1ccccc1. The van der Waals surface area contributed by atoms with Crippen LogP contribution in [0.5, 0.6) is 0 Å². The van der Waals surface area contributed by atoms with Crippen LogP contribution in [0.1, 0.15) is 53.0 Å². The lowest BCUT2D eigenvalue weighted by Crippen LogP contribution is -2.41. The average molecular weight is 379 g/mol. The van der Waals surface area contributed by atoms with Gasteiger partial charge in [-0.25, -0.2) is 0 Å². The lowest BCUT2D eigenvalue weighted by atomic mass is 9.86. The van der Waals surface area contributed by atoms with Crippen LogP contribution < -0.4 is 0 Å². The van der Waals surface area contributed by atoms with Gasteiger partial charge in [-0.05, 0) is 53.0 Å². The van der Waals surface area contributed by atoms with Gasteiger partial charge in [-0.1, -0.05) is 42.5 Å². The number of carbonyl (C=O) groups is 1. The number of carbonyl (C=O) groups excluding carboxylic acids is 1. The minimum atomic E-state index is -1.06. The van der Waals surface area contributed by atoms with Crippen LogP contribution in [0, 0.1) is 5.41 Å². The topological polar surface area (TPSA) is 76.0 Å². The zero-order valence-electron chi connectivity index (χ0n) is 17.1. The van der Waals surface area contributed by atoms with Crippen molar-refractivity contribution in [3.8, 4) is 0 Å². The molecule has 2 atom stereocenters. The first-order chi connectivity index (χ1) is 12.5. The Balaban J connectivity index is 2.33. The predicted octanol–water partition coefficient (Wildman–Crippen LogP) is 3.63. The Kier molecular flexibility index (Phi) is 9.16. The van der Waals surface area contributed by atoms with E-state index in [4.69, 9.17) is 9.47 Å². The van der Waals surface area contributed by atoms with Gasteiger partial charge in [-0.2, -0.15) is 0 Å². The fourth-order valence-corrected chi connectivity index (χ4v) is 2.24. The number of aliphatic hydroxyl groups is 2. The summed E-state index contributed by atoms with van der Waals surface area (Å²) in [5, 5.41) is 20.3. The molecule has 1 aromatic rings. The van der Waals surface area contributed by atoms with E-state index in [0.29, 0.717) is 26.1 Å². The first-order valence-corrected chi connectivity index (χ1v) is 9.40. The molecule has 0 radical (unpaired) electrons. The van der Waals surface area contributed by atoms with Gasteiger partial charge in [-0.3, -0.25) is 4.79 Å². The van der Waals surface area contributed by atoms with Gasteiger partial charge in [0.2, 0.25) is 0 Å². The highest BCUT2D eigenvalue weighted by molar-refractivity contribution is 5.77. The normalized spacial score (nSPS) is 14.9. The average Bonchev–Trinajstić information content (AvgIpc) is 2.58. The van der Waals surface area contributed by atoms with E-state index in [2.05, 4.69) is 0 Å². The standard InChI is InChI=1S/C22H34O5/c1-21(2,3)27-20(25)22(4,5)19(24)13-9-12-18(23)14-15-26-16-17-10-7-6-8-11-17/h6-11,13,18-19,23-24H,12,14-16H2,1-5H3/b13-9+/t18-,19-/m1/s1. The Morgan fingerprint density at radius 1 is 1.11 bits per heavy atom. The van der Waals surface area contributed by atoms with Crippen LogP contribution in [-0.2, 0) is 20.9 Å². The van der Waals surface area contributed by atoms with Crippen molar-refractivity contribution in [2.24, 2.45) is 5.41 Å². The molecule has 0 aliphatic rings. The third-order valence-electron chi connectivity index (χ3n) is 4.10. The summed E-state index contributed by atoms with van der Waals surface area (Å²) >= 11 is 0. The summed E-state index contributed by atoms with van der Waals surface area (Å²) < 4.78 is 10.9. The highest BCUT2D eigenvalue weighted by atomic mass is 16.6. The van der Waals surface area contributed by atoms with Crippen molar-refractivity contribution in [1.29, 1.82) is 0 Å². The van der Waals surface area contributed by atoms with E-state index < -0.39 is 29.2 Å². The summed E-state index contributed by atoms with van der Waals surface area (Å²) in [6.07, 6.45) is 2.57. The summed E-state index contributed by atoms with van der Waals surface area (Å²) in [6, 6.07) is 9.86. The smallest absolute Gasteiger partial charge is 0.315 e. The fourth-order valence-electron chi connectivity index (χ4n) is 2.24. The molecule has 0 aliphatic carbocycles. The lowest BCUT2D eigenvalue weighted by Gasteiger charge is -2.30. The maximum atomic E-state index is 12.2. The van der Waals surface area contributed by atoms with Gasteiger partial charge in [0.25, 0.3) is 0 Å². The second-order valence-electron chi connectivity index (χ2n) is 8.31. The number of hydrogen-bond acceptors (Lipinski definition) is 5. The molecule has 2 N–H and O–H groups in total. The second-order valence-corrected chi connectivity index (χ2v) is 8.31. The van der Waals surface area contributed by atoms with Gasteiger partial charge in [0.05, 0.1) is 24.2 Å². The molecule has 1 aromatic carbocycles. The molecule has 0 aromatic heterocycles. The molecule has 0 saturated heterocycles. The van der Waals surface area contributed by atoms with Gasteiger partial charge < -0.3 is 19.7 Å². The van der Waals surface area contributed by atoms with Crippen molar-refractivity contribution in [2.45, 2.75) is 71.9 Å². The molecule has 0 aliphatic heterocycles. The van der Waals surface area contributed by atoms with Crippen LogP contribution in [0.4, 0.5) is 0 Å². The molecule has 0 bridgehead atoms. The second kappa shape index (κ2) is 10.6. The number of rotatable bonds is 10. The van der Waals surface area contributed by atoms with E-state index in [1.807, 2.05) is 30.3 Å². The Bertz CT molecular complexity index is 586. The van der Waals surface area contributed by atoms with Crippen LogP contribution in [-0.4, -0.2) is 40.6 Å². The number of ether oxygens (including phenoxy) is 2. The first-order valence-electron chi connectivity index (χ1n) is 9.40. The van der Waals surface area contributed by atoms with E-state index in [0.717, 1.165) is 5.56 Å². The van der Waals surface area contributed by atoms with Crippen molar-refractivity contribution in [3.63, 3.8) is 0 Å². The monoisotopic (exact) mass is 378 g/mol. The zero-order valence-corrected chi connectivity index (χ0v) is 17.1. The van der Waals surface area contributed by atoms with Crippen LogP contribution in [0.15, 0.2) is 42.5 Å². The van der Waals surface area contributed by atoms with Gasteiger partial charge in [0, 0.05) is 6.61 Å². The van der Waals surface area contributed by atoms with Crippen molar-refractivity contribution in [1.82, 2.24) is 0 Å². The third-order valence-corrected chi connectivity index (χ3v) is 4.10. The van der Waals surface area contributed by atoms with Gasteiger partial charge in [-0.15, -0.1) is 0 Å². The fraction of sp³-hybridized carbons (Fsp3) is 0.591. The van der Waals surface area contributed by atoms with Crippen molar-refractivity contribution in [3.05, 3.63) is 48.0 Å². The third kappa shape index (κ3) is 9.18. The van der Waals surface area contributed by atoms with Crippen molar-refractivity contribution < 1.29 is 24.5 Å². The highest BCUT2D eigenvalue weighted by Gasteiger charge is 2.38. The Labute approximate surface area is 163 Å². The molecule has 0 heterocycles. The molecule has 0 unspecified atom stereocenters. The number of benzene rings is 1. The molecule has 152 valence electrons. The molecule has 27 heavy (non-hydrogen) atoms. The number of esters is 1. The molecule has 5 heteroatoms. The Morgan fingerprint density at radius 2 is 1.74 bits per heavy atom. The number of hydrogen-bond donors (Lipinski definition) is 2. The minimum absolute atomic E-state index is 0.385. The number of aliphatic hydroxyl groups excluding tert-OH is 2. The summed E-state index contributed by atoms with van der Waals surface area (Å²) in [4.78, 5) is 12.2. The lowest BCUT2D eigenvalue weighted by molar-refractivity contribution is -0.170. The van der Waals surface area contributed by atoms with Crippen LogP contribution in [0.2, 0.25) is 0 Å². The van der Waals surface area contributed by atoms with Gasteiger partial charge in [0.1, 0.15) is 5.60 Å². The van der Waals surface area contributed by atoms with Crippen LogP contribution >= 0.6 is 0 Å². The molecule has 0 amide bonds. The molecule has 1 rings (SSSR count). The summed E-state index contributed by atoms with van der Waals surface area (Å²) in [6.45, 7) is 9.63. The summed E-state index contributed by atoms with van der Waals surface area (Å²) in [5.74, 6) is -0.456. The van der Waals surface area contributed by atoms with Gasteiger partial charge in [0.15, 0.2) is 0 Å². The largest absolute Gasteiger partial charge is 0.459 e. The molecular weight excluding hydrogens is 344 g/mol. The predicted molar refractivity (Wildman–Crippen MR) is 106 cm³/mol. The maximum Gasteiger partial charge on any atom is 0.315 e. The van der Waals surface area contributed by atoms with E-state index >= 15 is 0 Å². The van der Waals surface area contributed by atoms with Gasteiger partial charge >= 0.3 is 5.97 Å². The Hall–Kier alpha value is -1.69. The van der Waals surface area contributed by atoms with Crippen LogP contribution in [0.3, 0.4) is 0 Å². The molecular formula is C22H34O5. The molecule has 0 spiro atoms. The van der Waals surface area contributed by atoms with E-state index in [1.165, 1.54) is 6.08 Å². The quantitative estimate of drug-likeness (QED) is 0.369. The zero-order chi connectivity index (χ0) is 20.5. The van der Waals surface area contributed by atoms with Crippen molar-refractivity contribution >= 4 is 5.97 Å². The molecule has 0 saturated carbocycles. The highest BCUT2D eigenvalue weighted by Crippen LogP contribution is 2.26.